The number of hydrogen-bond donors (Lipinski definition) is 2. The van der Waals surface area contributed by atoms with Crippen LogP contribution in [0.1, 0.15) is 20.7 Å². The molecule has 390 valence electrons. The SMILES string of the molecule is CS(=O)(=O)c1nccc(Oc2ccc(NC(=O)c3cc(F)cc(N4CCOCC4)c3)c3ccccc23)n1.O=C(Nc1ccc(Oc2ccnc(N3CCOCC3)n2)c2ccccc12)c1cc(F)cc(N2CCOCC2)c1. The summed E-state index contributed by atoms with van der Waals surface area (Å²) in [5.74, 6) is 0.269. The number of carbonyl (C=O) groups excluding carboxylic acids is 2. The van der Waals surface area contributed by atoms with Gasteiger partial charge < -0.3 is 49.0 Å². The van der Waals surface area contributed by atoms with Gasteiger partial charge in [-0.15, -0.1) is 0 Å². The largest absolute Gasteiger partial charge is 0.438 e. The second-order valence-corrected chi connectivity index (χ2v) is 19.7. The average molecular weight is 1050 g/mol. The minimum Gasteiger partial charge on any atom is -0.438 e. The Morgan fingerprint density at radius 2 is 0.947 bits per heavy atom. The number of aromatic nitrogens is 4. The van der Waals surface area contributed by atoms with E-state index in [1.165, 1.54) is 36.5 Å². The number of benzene rings is 6. The molecule has 11 rings (SSSR count). The first-order chi connectivity index (χ1) is 36.9. The number of halogens is 2. The Labute approximate surface area is 436 Å². The van der Waals surface area contributed by atoms with E-state index in [4.69, 9.17) is 23.7 Å². The summed E-state index contributed by atoms with van der Waals surface area (Å²) >= 11 is 0. The van der Waals surface area contributed by atoms with Crippen molar-refractivity contribution < 1.29 is 50.5 Å². The Kier molecular flexibility index (Phi) is 15.5. The number of sulfone groups is 1. The molecule has 21 heteroatoms. The van der Waals surface area contributed by atoms with Crippen molar-refractivity contribution >= 4 is 71.9 Å². The van der Waals surface area contributed by atoms with Crippen LogP contribution in [0.15, 0.2) is 139 Å². The van der Waals surface area contributed by atoms with Gasteiger partial charge in [0.05, 0.1) is 39.6 Å². The van der Waals surface area contributed by atoms with Crippen molar-refractivity contribution in [1.29, 1.82) is 0 Å². The van der Waals surface area contributed by atoms with E-state index in [1.54, 1.807) is 54.7 Å². The third kappa shape index (κ3) is 12.2. The smallest absolute Gasteiger partial charge is 0.255 e. The first kappa shape index (κ1) is 51.1. The van der Waals surface area contributed by atoms with Crippen LogP contribution < -0.4 is 34.8 Å². The van der Waals surface area contributed by atoms with Crippen LogP contribution in [0.4, 0.5) is 37.5 Å². The molecule has 2 N–H and O–H groups in total. The van der Waals surface area contributed by atoms with E-state index in [1.807, 2.05) is 52.3 Å². The van der Waals surface area contributed by atoms with Crippen molar-refractivity contribution in [2.45, 2.75) is 5.16 Å². The van der Waals surface area contributed by atoms with Crippen LogP contribution in [0.2, 0.25) is 0 Å². The highest BCUT2D eigenvalue weighted by molar-refractivity contribution is 7.90. The Morgan fingerprint density at radius 3 is 1.41 bits per heavy atom. The number of nitrogens with one attached hydrogen (secondary N) is 2. The zero-order chi connectivity index (χ0) is 52.6. The molecule has 6 aromatic carbocycles. The summed E-state index contributed by atoms with van der Waals surface area (Å²) in [5, 5.41) is 8.41. The van der Waals surface area contributed by atoms with Crippen LogP contribution in [0.5, 0.6) is 23.3 Å². The molecule has 3 aliphatic heterocycles. The maximum atomic E-state index is 14.5. The molecular formula is C55H51F2N9O9S. The second-order valence-electron chi connectivity index (χ2n) is 17.8. The number of hydrogen-bond acceptors (Lipinski definition) is 16. The highest BCUT2D eigenvalue weighted by Gasteiger charge is 2.21. The van der Waals surface area contributed by atoms with Gasteiger partial charge in [0.2, 0.25) is 32.7 Å². The molecular weight excluding hydrogens is 1000 g/mol. The molecule has 8 aromatic rings. The Hall–Kier alpha value is -8.37. The van der Waals surface area contributed by atoms with Gasteiger partial charge in [0.15, 0.2) is 0 Å². The molecule has 3 aliphatic rings. The van der Waals surface area contributed by atoms with Crippen molar-refractivity contribution in [3.63, 3.8) is 0 Å². The number of rotatable bonds is 12. The summed E-state index contributed by atoms with van der Waals surface area (Å²) in [6.45, 7) is 7.49. The van der Waals surface area contributed by atoms with Crippen molar-refractivity contribution in [3.05, 3.63) is 156 Å². The van der Waals surface area contributed by atoms with Gasteiger partial charge in [0, 0.05) is 125 Å². The van der Waals surface area contributed by atoms with Gasteiger partial charge in [-0.25, -0.2) is 27.2 Å². The quantitative estimate of drug-likeness (QED) is 0.110. The number of morpholine rings is 3. The molecule has 0 saturated carbocycles. The van der Waals surface area contributed by atoms with Gasteiger partial charge >= 0.3 is 0 Å². The van der Waals surface area contributed by atoms with Gasteiger partial charge in [-0.3, -0.25) is 9.59 Å². The Bertz CT molecular complexity index is 3540. The lowest BCUT2D eigenvalue weighted by molar-refractivity contribution is 0.101. The zero-order valence-electron chi connectivity index (χ0n) is 41.2. The van der Waals surface area contributed by atoms with E-state index in [0.29, 0.717) is 123 Å². The summed E-state index contributed by atoms with van der Waals surface area (Å²) in [7, 11) is -3.61. The second kappa shape index (κ2) is 23.0. The summed E-state index contributed by atoms with van der Waals surface area (Å²) < 4.78 is 80.7. The summed E-state index contributed by atoms with van der Waals surface area (Å²) in [5.41, 5.74) is 2.83. The molecule has 0 atom stereocenters. The van der Waals surface area contributed by atoms with E-state index in [2.05, 4.69) is 35.5 Å². The van der Waals surface area contributed by atoms with Crippen molar-refractivity contribution in [2.75, 3.05) is 110 Å². The topological polar surface area (TPSA) is 200 Å². The van der Waals surface area contributed by atoms with E-state index in [9.17, 15) is 26.8 Å². The first-order valence-electron chi connectivity index (χ1n) is 24.4. The van der Waals surface area contributed by atoms with Crippen molar-refractivity contribution in [3.8, 4) is 23.3 Å². The van der Waals surface area contributed by atoms with Gasteiger partial charge in [-0.2, -0.15) is 9.97 Å². The molecule has 3 saturated heterocycles. The highest BCUT2D eigenvalue weighted by atomic mass is 32.2. The zero-order valence-corrected chi connectivity index (χ0v) is 42.0. The maximum absolute atomic E-state index is 14.5. The van der Waals surface area contributed by atoms with E-state index < -0.39 is 33.3 Å². The third-order valence-corrected chi connectivity index (χ3v) is 13.4. The number of nitrogens with zero attached hydrogens (tertiary/aromatic N) is 7. The minimum atomic E-state index is -3.61. The number of ether oxygens (including phenoxy) is 5. The summed E-state index contributed by atoms with van der Waals surface area (Å²) in [6.07, 6.45) is 4.00. The minimum absolute atomic E-state index is 0.0627. The van der Waals surface area contributed by atoms with Gasteiger partial charge in [0.1, 0.15) is 23.1 Å². The normalized spacial score (nSPS) is 14.9. The lowest BCUT2D eigenvalue weighted by atomic mass is 10.1. The van der Waals surface area contributed by atoms with Crippen LogP contribution in [0.25, 0.3) is 21.5 Å². The Balaban J connectivity index is 0.000000173. The predicted octanol–water partition coefficient (Wildman–Crippen LogP) is 8.54. The number of amides is 2. The monoisotopic (exact) mass is 1050 g/mol. The van der Waals surface area contributed by atoms with Crippen molar-refractivity contribution in [2.24, 2.45) is 0 Å². The Morgan fingerprint density at radius 1 is 0.526 bits per heavy atom. The maximum Gasteiger partial charge on any atom is 0.255 e. The third-order valence-electron chi connectivity index (χ3n) is 12.6. The molecule has 0 unspecified atom stereocenters. The van der Waals surface area contributed by atoms with Crippen molar-refractivity contribution in [1.82, 2.24) is 19.9 Å². The average Bonchev–Trinajstić information content (AvgIpc) is 3.45. The molecule has 2 amide bonds. The van der Waals surface area contributed by atoms with Crippen LogP contribution in [-0.4, -0.2) is 125 Å². The molecule has 0 bridgehead atoms. The molecule has 5 heterocycles. The predicted molar refractivity (Wildman–Crippen MR) is 283 cm³/mol. The lowest BCUT2D eigenvalue weighted by Gasteiger charge is -2.29. The van der Waals surface area contributed by atoms with E-state index >= 15 is 0 Å². The summed E-state index contributed by atoms with van der Waals surface area (Å²) in [4.78, 5) is 49.1. The lowest BCUT2D eigenvalue weighted by Crippen LogP contribution is -2.37. The molecule has 2 aromatic heterocycles. The van der Waals surface area contributed by atoms with E-state index in [-0.39, 0.29) is 22.2 Å². The molecule has 0 radical (unpaired) electrons. The molecule has 76 heavy (non-hydrogen) atoms. The number of carbonyl (C=O) groups is 2. The van der Waals surface area contributed by atoms with Crippen LogP contribution in [0, 0.1) is 11.6 Å². The van der Waals surface area contributed by atoms with Crippen LogP contribution >= 0.6 is 0 Å². The van der Waals surface area contributed by atoms with E-state index in [0.717, 1.165) is 30.1 Å². The van der Waals surface area contributed by atoms with Crippen LogP contribution in [0.3, 0.4) is 0 Å². The fraction of sp³-hybridized carbons (Fsp3) is 0.236. The molecule has 18 nitrogen and oxygen atoms in total. The molecule has 0 spiro atoms. The van der Waals surface area contributed by atoms with Gasteiger partial charge in [0.25, 0.3) is 11.8 Å². The van der Waals surface area contributed by atoms with Gasteiger partial charge in [-0.1, -0.05) is 48.5 Å². The number of fused-ring (bicyclic) bond motifs is 2. The molecule has 3 fully saturated rings. The summed E-state index contributed by atoms with van der Waals surface area (Å²) in [6, 6.07) is 33.6. The first-order valence-corrected chi connectivity index (χ1v) is 26.3. The van der Waals surface area contributed by atoms with Crippen LogP contribution in [-0.2, 0) is 24.0 Å². The fourth-order valence-electron chi connectivity index (χ4n) is 8.84. The highest BCUT2D eigenvalue weighted by Crippen LogP contribution is 2.36. The van der Waals surface area contributed by atoms with Gasteiger partial charge in [-0.05, 0) is 60.7 Å². The standard InChI is InChI=1S/C29H28FN5O4.C26H23FN4O5S/c30-21-17-20(18-22(19-21)34-9-13-37-14-10-34)28(36)32-25-5-6-26(24-4-2-1-3-23(24)25)39-27-7-8-31-29(33-27)35-11-15-38-16-12-35;1-37(33,34)26-28-9-8-24(30-26)36-23-7-6-22(20-4-2-3-5-21(20)23)29-25(32)17-14-18(27)16-19(15-17)31-10-12-35-13-11-31/h1-8,17-19H,9-16H2,(H,32,36);2-9,14-16H,10-13H2,1H3,(H,29,32). The number of anilines is 5. The molecule has 0 aliphatic carbocycles. The fourth-order valence-corrected chi connectivity index (χ4v) is 9.35.